The summed E-state index contributed by atoms with van der Waals surface area (Å²) in [6.07, 6.45) is 7.34. The molecule has 0 heterocycles. The minimum Gasteiger partial charge on any atom is -0.493 e. The molecule has 1 aromatic carbocycles. The van der Waals surface area contributed by atoms with Crippen molar-refractivity contribution in [3.05, 3.63) is 29.6 Å². The molecule has 19 heavy (non-hydrogen) atoms. The van der Waals surface area contributed by atoms with Gasteiger partial charge >= 0.3 is 0 Å². The molecule has 0 aliphatic heterocycles. The zero-order valence-electron chi connectivity index (χ0n) is 12.1. The molecule has 0 aliphatic rings. The fourth-order valence-corrected chi connectivity index (χ4v) is 2.04. The van der Waals surface area contributed by atoms with E-state index in [9.17, 15) is 4.39 Å². The molecule has 0 aromatic heterocycles. The smallest absolute Gasteiger partial charge is 0.131 e. The lowest BCUT2D eigenvalue weighted by atomic mass is 10.1. The Balaban J connectivity index is 2.25. The van der Waals surface area contributed by atoms with Gasteiger partial charge in [0.2, 0.25) is 0 Å². The predicted molar refractivity (Wildman–Crippen MR) is 77.9 cm³/mol. The lowest BCUT2D eigenvalue weighted by molar-refractivity contribution is 0.302. The van der Waals surface area contributed by atoms with Crippen LogP contribution >= 0.6 is 0 Å². The number of halogens is 1. The molecule has 0 saturated carbocycles. The molecule has 0 radical (unpaired) electrons. The summed E-state index contributed by atoms with van der Waals surface area (Å²) in [5.41, 5.74) is 6.20. The molecule has 0 spiro atoms. The third-order valence-corrected chi connectivity index (χ3v) is 3.23. The Kier molecular flexibility index (Phi) is 7.49. The maximum absolute atomic E-state index is 13.7. The van der Waals surface area contributed by atoms with Gasteiger partial charge < -0.3 is 10.5 Å². The van der Waals surface area contributed by atoms with Gasteiger partial charge in [0.05, 0.1) is 6.61 Å². The summed E-state index contributed by atoms with van der Waals surface area (Å²) < 4.78 is 19.2. The first-order valence-corrected chi connectivity index (χ1v) is 7.33. The zero-order chi connectivity index (χ0) is 14.1. The molecule has 2 N–H and O–H groups in total. The Morgan fingerprint density at radius 2 is 1.84 bits per heavy atom. The van der Waals surface area contributed by atoms with E-state index in [1.807, 2.05) is 0 Å². The fourth-order valence-electron chi connectivity index (χ4n) is 2.04. The second-order valence-electron chi connectivity index (χ2n) is 5.09. The number of nitrogens with two attached hydrogens (primary N) is 1. The minimum absolute atomic E-state index is 0.282. The quantitative estimate of drug-likeness (QED) is 0.664. The van der Waals surface area contributed by atoms with Crippen molar-refractivity contribution in [2.24, 2.45) is 5.73 Å². The van der Waals surface area contributed by atoms with E-state index in [2.05, 4.69) is 6.92 Å². The molecule has 1 aromatic rings. The van der Waals surface area contributed by atoms with Crippen molar-refractivity contribution in [2.45, 2.75) is 58.4 Å². The highest BCUT2D eigenvalue weighted by Crippen LogP contribution is 2.20. The van der Waals surface area contributed by atoms with Crippen molar-refractivity contribution in [3.8, 4) is 5.75 Å². The number of benzene rings is 1. The summed E-state index contributed by atoms with van der Waals surface area (Å²) in [5, 5.41) is 0. The summed E-state index contributed by atoms with van der Waals surface area (Å²) in [6.45, 7) is 4.64. The largest absolute Gasteiger partial charge is 0.493 e. The highest BCUT2D eigenvalue weighted by molar-refractivity contribution is 5.30. The molecule has 0 bridgehead atoms. The maximum atomic E-state index is 13.7. The highest BCUT2D eigenvalue weighted by atomic mass is 19.1. The Labute approximate surface area is 116 Å². The molecule has 1 rings (SSSR count). The van der Waals surface area contributed by atoms with Gasteiger partial charge in [0.25, 0.3) is 0 Å². The van der Waals surface area contributed by atoms with E-state index in [1.54, 1.807) is 19.1 Å². The Hall–Kier alpha value is -1.09. The van der Waals surface area contributed by atoms with E-state index < -0.39 is 0 Å². The lowest BCUT2D eigenvalue weighted by Gasteiger charge is -2.10. The standard InChI is InChI=1S/C16H26FNO/c1-3-4-5-6-7-8-11-19-14-9-10-15(13(2)18)16(17)12-14/h9-10,12-13H,3-8,11,18H2,1-2H3. The van der Waals surface area contributed by atoms with Crippen LogP contribution in [0.3, 0.4) is 0 Å². The SMILES string of the molecule is CCCCCCCCOc1ccc(C(C)N)c(F)c1. The van der Waals surface area contributed by atoms with Gasteiger partial charge in [-0.1, -0.05) is 45.1 Å². The van der Waals surface area contributed by atoms with Crippen LogP contribution in [0.1, 0.15) is 64.0 Å². The number of hydrogen-bond donors (Lipinski definition) is 1. The summed E-state index contributed by atoms with van der Waals surface area (Å²) in [5.74, 6) is 0.311. The molecule has 1 atom stereocenters. The molecule has 0 fully saturated rings. The summed E-state index contributed by atoms with van der Waals surface area (Å²) in [7, 11) is 0. The van der Waals surface area contributed by atoms with Crippen molar-refractivity contribution in [1.29, 1.82) is 0 Å². The van der Waals surface area contributed by atoms with Crippen LogP contribution in [0.2, 0.25) is 0 Å². The van der Waals surface area contributed by atoms with Gasteiger partial charge in [-0.15, -0.1) is 0 Å². The van der Waals surface area contributed by atoms with E-state index in [4.69, 9.17) is 10.5 Å². The molecule has 2 nitrogen and oxygen atoms in total. The van der Waals surface area contributed by atoms with Crippen molar-refractivity contribution < 1.29 is 9.13 Å². The number of hydrogen-bond acceptors (Lipinski definition) is 2. The molecule has 0 amide bonds. The normalized spacial score (nSPS) is 12.4. The molecule has 0 saturated heterocycles. The summed E-state index contributed by atoms with van der Waals surface area (Å²) in [4.78, 5) is 0. The molecule has 3 heteroatoms. The summed E-state index contributed by atoms with van der Waals surface area (Å²) in [6, 6.07) is 4.64. The first-order chi connectivity index (χ1) is 9.15. The van der Waals surface area contributed by atoms with Crippen LogP contribution < -0.4 is 10.5 Å². The molecular weight excluding hydrogens is 241 g/mol. The van der Waals surface area contributed by atoms with Gasteiger partial charge in [0, 0.05) is 17.7 Å². The van der Waals surface area contributed by atoms with Gasteiger partial charge in [-0.2, -0.15) is 0 Å². The topological polar surface area (TPSA) is 35.2 Å². The van der Waals surface area contributed by atoms with Crippen LogP contribution in [-0.4, -0.2) is 6.61 Å². The van der Waals surface area contributed by atoms with Gasteiger partial charge in [0.15, 0.2) is 0 Å². The van der Waals surface area contributed by atoms with Crippen LogP contribution in [0.15, 0.2) is 18.2 Å². The van der Waals surface area contributed by atoms with Crippen molar-refractivity contribution in [2.75, 3.05) is 6.61 Å². The van der Waals surface area contributed by atoms with Crippen molar-refractivity contribution in [1.82, 2.24) is 0 Å². The van der Waals surface area contributed by atoms with Crippen molar-refractivity contribution >= 4 is 0 Å². The average molecular weight is 267 g/mol. The second kappa shape index (κ2) is 8.92. The predicted octanol–water partition coefficient (Wildman–Crippen LogP) is 4.58. The number of unbranched alkanes of at least 4 members (excludes halogenated alkanes) is 5. The van der Waals surface area contributed by atoms with Gasteiger partial charge in [-0.3, -0.25) is 0 Å². The van der Waals surface area contributed by atoms with E-state index >= 15 is 0 Å². The van der Waals surface area contributed by atoms with Crippen LogP contribution in [0.4, 0.5) is 4.39 Å². The zero-order valence-corrected chi connectivity index (χ0v) is 12.1. The first-order valence-electron chi connectivity index (χ1n) is 7.33. The second-order valence-corrected chi connectivity index (χ2v) is 5.09. The first kappa shape index (κ1) is 16.0. The van der Waals surface area contributed by atoms with Gasteiger partial charge in [-0.05, 0) is 19.4 Å². The highest BCUT2D eigenvalue weighted by Gasteiger charge is 2.07. The molecule has 108 valence electrons. The molecule has 0 aliphatic carbocycles. The van der Waals surface area contributed by atoms with E-state index in [0.29, 0.717) is 17.9 Å². The number of ether oxygens (including phenoxy) is 1. The Morgan fingerprint density at radius 3 is 2.47 bits per heavy atom. The third kappa shape index (κ3) is 6.06. The Morgan fingerprint density at radius 1 is 1.16 bits per heavy atom. The summed E-state index contributed by atoms with van der Waals surface area (Å²) >= 11 is 0. The average Bonchev–Trinajstić information content (AvgIpc) is 2.37. The molecular formula is C16H26FNO. The van der Waals surface area contributed by atoms with E-state index in [0.717, 1.165) is 6.42 Å². The Bertz CT molecular complexity index is 366. The number of rotatable bonds is 9. The van der Waals surface area contributed by atoms with E-state index in [1.165, 1.54) is 38.2 Å². The van der Waals surface area contributed by atoms with E-state index in [-0.39, 0.29) is 11.9 Å². The van der Waals surface area contributed by atoms with Gasteiger partial charge in [-0.25, -0.2) is 4.39 Å². The van der Waals surface area contributed by atoms with Crippen LogP contribution in [-0.2, 0) is 0 Å². The maximum Gasteiger partial charge on any atom is 0.131 e. The van der Waals surface area contributed by atoms with Crippen molar-refractivity contribution in [3.63, 3.8) is 0 Å². The van der Waals surface area contributed by atoms with Gasteiger partial charge in [0.1, 0.15) is 11.6 Å². The van der Waals surface area contributed by atoms with Crippen LogP contribution in [0, 0.1) is 5.82 Å². The minimum atomic E-state index is -0.285. The fraction of sp³-hybridized carbons (Fsp3) is 0.625. The third-order valence-electron chi connectivity index (χ3n) is 3.23. The molecule has 1 unspecified atom stereocenters. The van der Waals surface area contributed by atoms with Crippen LogP contribution in [0.25, 0.3) is 0 Å². The lowest BCUT2D eigenvalue weighted by Crippen LogP contribution is -2.07. The monoisotopic (exact) mass is 267 g/mol. The van der Waals surface area contributed by atoms with Crippen LogP contribution in [0.5, 0.6) is 5.75 Å².